The zero-order chi connectivity index (χ0) is 8.39. The summed E-state index contributed by atoms with van der Waals surface area (Å²) >= 11 is 2.90. The van der Waals surface area contributed by atoms with E-state index in [0.717, 1.165) is 5.56 Å². The molecule has 0 unspecified atom stereocenters. The van der Waals surface area contributed by atoms with Gasteiger partial charge in [-0.1, -0.05) is 0 Å². The van der Waals surface area contributed by atoms with E-state index in [9.17, 15) is 4.79 Å². The Labute approximate surface area is 77.5 Å². The van der Waals surface area contributed by atoms with Crippen molar-refractivity contribution in [3.05, 3.63) is 39.0 Å². The molecular weight excluding hydrogens is 190 g/mol. The summed E-state index contributed by atoms with van der Waals surface area (Å²) in [5, 5.41) is 3.75. The van der Waals surface area contributed by atoms with Crippen molar-refractivity contribution >= 4 is 28.5 Å². The average Bonchev–Trinajstić information content (AvgIpc) is 2.77. The van der Waals surface area contributed by atoms with E-state index in [-0.39, 0.29) is 5.78 Å². The van der Waals surface area contributed by atoms with Crippen molar-refractivity contribution in [3.8, 4) is 0 Å². The summed E-state index contributed by atoms with van der Waals surface area (Å²) in [6.07, 6.45) is 1.60. The van der Waals surface area contributed by atoms with Gasteiger partial charge in [-0.15, -0.1) is 11.3 Å². The maximum Gasteiger partial charge on any atom is 0.205 e. The van der Waals surface area contributed by atoms with Gasteiger partial charge in [-0.2, -0.15) is 11.3 Å². The van der Waals surface area contributed by atoms with Crippen LogP contribution in [0.1, 0.15) is 15.2 Å². The van der Waals surface area contributed by atoms with Crippen LogP contribution in [0.15, 0.2) is 28.5 Å². The number of thiazole rings is 1. The molecule has 0 aliphatic rings. The Morgan fingerprint density at radius 1 is 1.50 bits per heavy atom. The van der Waals surface area contributed by atoms with Crippen LogP contribution in [0, 0.1) is 0 Å². The maximum atomic E-state index is 11.5. The first kappa shape index (κ1) is 7.64. The van der Waals surface area contributed by atoms with Crippen molar-refractivity contribution in [2.24, 2.45) is 0 Å². The van der Waals surface area contributed by atoms with E-state index in [1.807, 2.05) is 16.8 Å². The molecule has 0 atom stereocenters. The van der Waals surface area contributed by atoms with E-state index in [2.05, 4.69) is 4.98 Å². The molecule has 12 heavy (non-hydrogen) atoms. The highest BCUT2D eigenvalue weighted by atomic mass is 32.1. The van der Waals surface area contributed by atoms with Gasteiger partial charge in [0.25, 0.3) is 0 Å². The minimum absolute atomic E-state index is 0.0683. The molecule has 2 rings (SSSR count). The van der Waals surface area contributed by atoms with Gasteiger partial charge in [-0.25, -0.2) is 0 Å². The van der Waals surface area contributed by atoms with E-state index < -0.39 is 0 Å². The molecule has 0 saturated carbocycles. The Hall–Kier alpha value is -1.00. The molecular formula is C8H5NOS2. The average molecular weight is 195 g/mol. The van der Waals surface area contributed by atoms with Crippen molar-refractivity contribution in [2.45, 2.75) is 0 Å². The highest BCUT2D eigenvalue weighted by Gasteiger charge is 2.09. The molecule has 0 aliphatic heterocycles. The number of thiophene rings is 1. The Kier molecular flexibility index (Phi) is 2.01. The van der Waals surface area contributed by atoms with Crippen LogP contribution < -0.4 is 0 Å². The van der Waals surface area contributed by atoms with Crippen LogP contribution in [-0.2, 0) is 0 Å². The summed E-state index contributed by atoms with van der Waals surface area (Å²) < 4.78 is 0. The van der Waals surface area contributed by atoms with E-state index in [1.165, 1.54) is 22.7 Å². The molecule has 2 nitrogen and oxygen atoms in total. The lowest BCUT2D eigenvalue weighted by Crippen LogP contribution is -1.95. The molecule has 2 aromatic heterocycles. The molecule has 60 valence electrons. The summed E-state index contributed by atoms with van der Waals surface area (Å²) in [5.41, 5.74) is 2.42. The highest BCUT2D eigenvalue weighted by molar-refractivity contribution is 7.12. The van der Waals surface area contributed by atoms with E-state index >= 15 is 0 Å². The smallest absolute Gasteiger partial charge is 0.205 e. The third-order valence-corrected chi connectivity index (χ3v) is 2.89. The van der Waals surface area contributed by atoms with Crippen LogP contribution in [0.5, 0.6) is 0 Å². The summed E-state index contributed by atoms with van der Waals surface area (Å²) in [6.45, 7) is 0. The van der Waals surface area contributed by atoms with Gasteiger partial charge in [-0.3, -0.25) is 9.78 Å². The third kappa shape index (κ3) is 1.31. The Balaban J connectivity index is 2.34. The Morgan fingerprint density at radius 3 is 3.00 bits per heavy atom. The van der Waals surface area contributed by atoms with Crippen molar-refractivity contribution in [1.82, 2.24) is 4.98 Å². The number of rotatable bonds is 2. The lowest BCUT2D eigenvalue weighted by molar-refractivity contribution is 0.104. The van der Waals surface area contributed by atoms with Crippen LogP contribution in [0.2, 0.25) is 0 Å². The lowest BCUT2D eigenvalue weighted by atomic mass is 10.2. The predicted molar refractivity (Wildman–Crippen MR) is 49.9 cm³/mol. The number of hydrogen-bond donors (Lipinski definition) is 0. The van der Waals surface area contributed by atoms with Crippen molar-refractivity contribution < 1.29 is 4.79 Å². The van der Waals surface area contributed by atoms with Crippen molar-refractivity contribution in [2.75, 3.05) is 0 Å². The molecule has 0 amide bonds. The second-order valence-electron chi connectivity index (χ2n) is 2.21. The monoisotopic (exact) mass is 195 g/mol. The first-order valence-electron chi connectivity index (χ1n) is 3.33. The fourth-order valence-electron chi connectivity index (χ4n) is 0.864. The maximum absolute atomic E-state index is 11.5. The quantitative estimate of drug-likeness (QED) is 0.689. The van der Waals surface area contributed by atoms with Gasteiger partial charge >= 0.3 is 0 Å². The standard InChI is InChI=1S/C8H5NOS2/c10-8(6-1-2-11-4-6)7-3-9-5-12-7/h1-5H. The number of hydrogen-bond acceptors (Lipinski definition) is 4. The number of carbonyl (C=O) groups excluding carboxylic acids is 1. The Morgan fingerprint density at radius 2 is 2.42 bits per heavy atom. The van der Waals surface area contributed by atoms with Gasteiger partial charge in [0.05, 0.1) is 10.4 Å². The molecule has 4 heteroatoms. The van der Waals surface area contributed by atoms with Crippen LogP contribution in [-0.4, -0.2) is 10.8 Å². The number of carbonyl (C=O) groups is 1. The topological polar surface area (TPSA) is 30.0 Å². The van der Waals surface area contributed by atoms with Crippen LogP contribution in [0.3, 0.4) is 0 Å². The molecule has 0 spiro atoms. The Bertz CT molecular complexity index is 327. The van der Waals surface area contributed by atoms with Crippen LogP contribution in [0.4, 0.5) is 0 Å². The van der Waals surface area contributed by atoms with E-state index in [4.69, 9.17) is 0 Å². The second-order valence-corrected chi connectivity index (χ2v) is 3.87. The minimum atomic E-state index is 0.0683. The molecule has 0 bridgehead atoms. The second kappa shape index (κ2) is 3.16. The summed E-state index contributed by atoms with van der Waals surface area (Å²) in [5.74, 6) is 0.0683. The SMILES string of the molecule is O=C(c1ccsc1)c1cncs1. The van der Waals surface area contributed by atoms with Gasteiger partial charge < -0.3 is 0 Å². The fourth-order valence-corrected chi connectivity index (χ4v) is 2.08. The fraction of sp³-hybridized carbons (Fsp3) is 0. The molecule has 2 aromatic rings. The van der Waals surface area contributed by atoms with Crippen molar-refractivity contribution in [3.63, 3.8) is 0 Å². The molecule has 0 radical (unpaired) electrons. The highest BCUT2D eigenvalue weighted by Crippen LogP contribution is 2.15. The van der Waals surface area contributed by atoms with Gasteiger partial charge in [0.15, 0.2) is 0 Å². The molecule has 0 saturated heterocycles. The first-order valence-corrected chi connectivity index (χ1v) is 5.15. The van der Waals surface area contributed by atoms with E-state index in [1.54, 1.807) is 11.7 Å². The molecule has 2 heterocycles. The minimum Gasteiger partial charge on any atom is -0.288 e. The molecule has 0 N–H and O–H groups in total. The largest absolute Gasteiger partial charge is 0.288 e. The van der Waals surface area contributed by atoms with Gasteiger partial charge in [0, 0.05) is 17.1 Å². The third-order valence-electron chi connectivity index (χ3n) is 1.44. The molecule has 0 aliphatic carbocycles. The van der Waals surface area contributed by atoms with Gasteiger partial charge in [-0.05, 0) is 11.4 Å². The van der Waals surface area contributed by atoms with Crippen LogP contribution >= 0.6 is 22.7 Å². The van der Waals surface area contributed by atoms with Crippen LogP contribution in [0.25, 0.3) is 0 Å². The van der Waals surface area contributed by atoms with Gasteiger partial charge in [0.2, 0.25) is 5.78 Å². The molecule has 0 fully saturated rings. The first-order chi connectivity index (χ1) is 5.88. The normalized spacial score (nSPS) is 10.0. The summed E-state index contributed by atoms with van der Waals surface area (Å²) in [4.78, 5) is 16.1. The summed E-state index contributed by atoms with van der Waals surface area (Å²) in [7, 11) is 0. The zero-order valence-corrected chi connectivity index (χ0v) is 7.69. The van der Waals surface area contributed by atoms with E-state index in [0.29, 0.717) is 4.88 Å². The lowest BCUT2D eigenvalue weighted by Gasteiger charge is -1.89. The van der Waals surface area contributed by atoms with Crippen molar-refractivity contribution in [1.29, 1.82) is 0 Å². The number of aromatic nitrogens is 1. The van der Waals surface area contributed by atoms with Gasteiger partial charge in [0.1, 0.15) is 0 Å². The number of nitrogens with zero attached hydrogens (tertiary/aromatic N) is 1. The predicted octanol–water partition coefficient (Wildman–Crippen LogP) is 2.44. The number of ketones is 1. The molecule has 0 aromatic carbocycles. The zero-order valence-electron chi connectivity index (χ0n) is 6.06. The summed E-state index contributed by atoms with van der Waals surface area (Å²) in [6, 6.07) is 1.83.